The van der Waals surface area contributed by atoms with Gasteiger partial charge in [-0.3, -0.25) is 9.78 Å². The lowest BCUT2D eigenvalue weighted by atomic mass is 10.2. The van der Waals surface area contributed by atoms with Crippen LogP contribution >= 0.6 is 23.4 Å². The summed E-state index contributed by atoms with van der Waals surface area (Å²) in [7, 11) is 0. The molecular weight excluding hydrogens is 280 g/mol. The zero-order chi connectivity index (χ0) is 13.8. The summed E-state index contributed by atoms with van der Waals surface area (Å²) in [5.74, 6) is 0.982. The maximum absolute atomic E-state index is 12.2. The van der Waals surface area contributed by atoms with Crippen molar-refractivity contribution in [2.45, 2.75) is 44.4 Å². The van der Waals surface area contributed by atoms with Gasteiger partial charge in [-0.1, -0.05) is 24.9 Å². The van der Waals surface area contributed by atoms with Gasteiger partial charge in [0.2, 0.25) is 0 Å². The highest BCUT2D eigenvalue weighted by Gasteiger charge is 2.29. The van der Waals surface area contributed by atoms with Crippen LogP contribution in [0.5, 0.6) is 0 Å². The summed E-state index contributed by atoms with van der Waals surface area (Å²) in [5.41, 5.74) is 1.29. The zero-order valence-electron chi connectivity index (χ0n) is 11.3. The summed E-state index contributed by atoms with van der Waals surface area (Å²) < 4.78 is 0. The number of nitrogens with one attached hydrogen (secondary N) is 1. The van der Waals surface area contributed by atoms with Gasteiger partial charge in [-0.25, -0.2) is 0 Å². The van der Waals surface area contributed by atoms with Crippen LogP contribution < -0.4 is 5.32 Å². The van der Waals surface area contributed by atoms with Crippen LogP contribution in [-0.2, 0) is 0 Å². The van der Waals surface area contributed by atoms with Gasteiger partial charge in [0.1, 0.15) is 0 Å². The van der Waals surface area contributed by atoms with Crippen molar-refractivity contribution in [1.82, 2.24) is 10.3 Å². The predicted octanol–water partition coefficient (Wildman–Crippen LogP) is 3.45. The smallest absolute Gasteiger partial charge is 0.254 e. The SMILES string of the molecule is CCSC1CCCC1NC(=O)c1cnc(C)cc1Cl. The quantitative estimate of drug-likeness (QED) is 0.926. The van der Waals surface area contributed by atoms with Crippen LogP contribution in [0.3, 0.4) is 0 Å². The second-order valence-corrected chi connectivity index (χ2v) is 6.73. The van der Waals surface area contributed by atoms with Crippen LogP contribution in [0.4, 0.5) is 0 Å². The highest BCUT2D eigenvalue weighted by atomic mass is 35.5. The molecule has 1 heterocycles. The molecule has 1 amide bonds. The van der Waals surface area contributed by atoms with Crippen molar-refractivity contribution in [3.8, 4) is 0 Å². The summed E-state index contributed by atoms with van der Waals surface area (Å²) in [6, 6.07) is 1.98. The Morgan fingerprint density at radius 2 is 2.37 bits per heavy atom. The van der Waals surface area contributed by atoms with Crippen LogP contribution in [0.2, 0.25) is 5.02 Å². The molecule has 104 valence electrons. The first-order valence-electron chi connectivity index (χ1n) is 6.66. The molecule has 3 nitrogen and oxygen atoms in total. The van der Waals surface area contributed by atoms with Crippen LogP contribution in [0.25, 0.3) is 0 Å². The van der Waals surface area contributed by atoms with Crippen molar-refractivity contribution in [3.63, 3.8) is 0 Å². The van der Waals surface area contributed by atoms with E-state index in [0.29, 0.717) is 15.8 Å². The van der Waals surface area contributed by atoms with Crippen molar-refractivity contribution in [2.24, 2.45) is 0 Å². The lowest BCUT2D eigenvalue weighted by Gasteiger charge is -2.20. The molecule has 0 radical (unpaired) electrons. The number of aryl methyl sites for hydroxylation is 1. The Bertz CT molecular complexity index is 467. The Morgan fingerprint density at radius 3 is 3.05 bits per heavy atom. The largest absolute Gasteiger partial charge is 0.348 e. The Labute approximate surface area is 123 Å². The number of halogens is 1. The number of hydrogen-bond acceptors (Lipinski definition) is 3. The highest BCUT2D eigenvalue weighted by molar-refractivity contribution is 7.99. The number of aromatic nitrogens is 1. The molecule has 1 aromatic heterocycles. The summed E-state index contributed by atoms with van der Waals surface area (Å²) in [4.78, 5) is 16.4. The molecule has 5 heteroatoms. The van der Waals surface area contributed by atoms with Gasteiger partial charge < -0.3 is 5.32 Å². The third-order valence-corrected chi connectivity index (χ3v) is 5.02. The van der Waals surface area contributed by atoms with Crippen LogP contribution in [0.1, 0.15) is 42.2 Å². The van der Waals surface area contributed by atoms with Crippen LogP contribution in [-0.4, -0.2) is 27.9 Å². The average molecular weight is 299 g/mol. The zero-order valence-corrected chi connectivity index (χ0v) is 12.9. The molecule has 1 fully saturated rings. The fraction of sp³-hybridized carbons (Fsp3) is 0.571. The van der Waals surface area contributed by atoms with Crippen LogP contribution in [0.15, 0.2) is 12.3 Å². The molecular formula is C14H19ClN2OS. The van der Waals surface area contributed by atoms with Gasteiger partial charge in [0.05, 0.1) is 10.6 Å². The standard InChI is InChI=1S/C14H19ClN2OS/c1-3-19-13-6-4-5-12(13)17-14(18)10-8-16-9(2)7-11(10)15/h7-8,12-13H,3-6H2,1-2H3,(H,17,18). The van der Waals surface area contributed by atoms with Gasteiger partial charge in [0.25, 0.3) is 5.91 Å². The van der Waals surface area contributed by atoms with E-state index in [-0.39, 0.29) is 11.9 Å². The molecule has 0 bridgehead atoms. The molecule has 0 aromatic carbocycles. The lowest BCUT2D eigenvalue weighted by Crippen LogP contribution is -2.39. The maximum Gasteiger partial charge on any atom is 0.254 e. The third kappa shape index (κ3) is 3.63. The average Bonchev–Trinajstić information content (AvgIpc) is 2.77. The molecule has 0 spiro atoms. The van der Waals surface area contributed by atoms with Crippen molar-refractivity contribution in [1.29, 1.82) is 0 Å². The van der Waals surface area contributed by atoms with E-state index in [4.69, 9.17) is 11.6 Å². The minimum atomic E-state index is -0.105. The van der Waals surface area contributed by atoms with E-state index < -0.39 is 0 Å². The molecule has 1 aliphatic rings. The molecule has 1 aromatic rings. The van der Waals surface area contributed by atoms with E-state index in [1.807, 2.05) is 18.7 Å². The number of amides is 1. The Balaban J connectivity index is 2.04. The van der Waals surface area contributed by atoms with Crippen molar-refractivity contribution >= 4 is 29.3 Å². The molecule has 1 saturated carbocycles. The number of thioether (sulfide) groups is 1. The normalized spacial score (nSPS) is 22.5. The van der Waals surface area contributed by atoms with Gasteiger partial charge >= 0.3 is 0 Å². The number of rotatable bonds is 4. The first-order chi connectivity index (χ1) is 9.11. The van der Waals surface area contributed by atoms with Crippen LogP contribution in [0, 0.1) is 6.92 Å². The van der Waals surface area contributed by atoms with E-state index >= 15 is 0 Å². The fourth-order valence-electron chi connectivity index (χ4n) is 2.44. The second kappa shape index (κ2) is 6.62. The van der Waals surface area contributed by atoms with E-state index in [1.165, 1.54) is 12.8 Å². The minimum Gasteiger partial charge on any atom is -0.348 e. The molecule has 19 heavy (non-hydrogen) atoms. The third-order valence-electron chi connectivity index (χ3n) is 3.38. The van der Waals surface area contributed by atoms with Gasteiger partial charge in [-0.15, -0.1) is 0 Å². The highest BCUT2D eigenvalue weighted by Crippen LogP contribution is 2.30. The maximum atomic E-state index is 12.2. The summed E-state index contributed by atoms with van der Waals surface area (Å²) in [6.45, 7) is 4.01. The number of carbonyl (C=O) groups is 1. The Hall–Kier alpha value is -0.740. The van der Waals surface area contributed by atoms with Crippen molar-refractivity contribution in [2.75, 3.05) is 5.75 Å². The second-order valence-electron chi connectivity index (χ2n) is 4.81. The monoisotopic (exact) mass is 298 g/mol. The Kier molecular flexibility index (Phi) is 5.11. The fourth-order valence-corrected chi connectivity index (χ4v) is 3.93. The topological polar surface area (TPSA) is 42.0 Å². The first-order valence-corrected chi connectivity index (χ1v) is 8.09. The molecule has 0 aliphatic heterocycles. The summed E-state index contributed by atoms with van der Waals surface area (Å²) >= 11 is 8.03. The van der Waals surface area contributed by atoms with Crippen molar-refractivity contribution < 1.29 is 4.79 Å². The molecule has 2 unspecified atom stereocenters. The van der Waals surface area contributed by atoms with Gasteiger partial charge in [-0.05, 0) is 31.6 Å². The van der Waals surface area contributed by atoms with Gasteiger partial charge in [0.15, 0.2) is 0 Å². The minimum absolute atomic E-state index is 0.105. The molecule has 1 aliphatic carbocycles. The summed E-state index contributed by atoms with van der Waals surface area (Å²) in [6.07, 6.45) is 4.98. The van der Waals surface area contributed by atoms with E-state index in [9.17, 15) is 4.79 Å². The van der Waals surface area contributed by atoms with Gasteiger partial charge in [0, 0.05) is 23.2 Å². The Morgan fingerprint density at radius 1 is 1.58 bits per heavy atom. The molecule has 2 rings (SSSR count). The van der Waals surface area contributed by atoms with E-state index in [1.54, 1.807) is 12.3 Å². The number of nitrogens with zero attached hydrogens (tertiary/aromatic N) is 1. The van der Waals surface area contributed by atoms with E-state index in [0.717, 1.165) is 17.9 Å². The molecule has 1 N–H and O–H groups in total. The first kappa shape index (κ1) is 14.7. The lowest BCUT2D eigenvalue weighted by molar-refractivity contribution is 0.0938. The molecule has 2 atom stereocenters. The summed E-state index contributed by atoms with van der Waals surface area (Å²) in [5, 5.41) is 4.11. The number of carbonyl (C=O) groups excluding carboxylic acids is 1. The molecule has 0 saturated heterocycles. The predicted molar refractivity (Wildman–Crippen MR) is 81.0 cm³/mol. The van der Waals surface area contributed by atoms with Gasteiger partial charge in [-0.2, -0.15) is 11.8 Å². The number of hydrogen-bond donors (Lipinski definition) is 1. The van der Waals surface area contributed by atoms with Crippen molar-refractivity contribution in [3.05, 3.63) is 28.5 Å². The number of pyridine rings is 1. The van der Waals surface area contributed by atoms with E-state index in [2.05, 4.69) is 17.2 Å².